The highest BCUT2D eigenvalue weighted by molar-refractivity contribution is 7.48. The lowest BCUT2D eigenvalue weighted by Gasteiger charge is -2.23. The van der Waals surface area contributed by atoms with Crippen LogP contribution in [0.3, 0.4) is 0 Å². The highest BCUT2D eigenvalue weighted by atomic mass is 31.2. The average Bonchev–Trinajstić information content (AvgIpc) is 2.75. The number of amides is 1. The molecule has 0 aromatic heterocycles. The number of nitrogens with one attached hydrogen (secondary N) is 1. The van der Waals surface area contributed by atoms with Crippen molar-refractivity contribution in [3.8, 4) is 5.75 Å². The van der Waals surface area contributed by atoms with E-state index in [0.29, 0.717) is 5.56 Å². The van der Waals surface area contributed by atoms with Crippen LogP contribution < -0.4 is 9.84 Å². The summed E-state index contributed by atoms with van der Waals surface area (Å²) in [5.41, 5.74) is -0.242. The van der Waals surface area contributed by atoms with E-state index in [-0.39, 0.29) is 30.9 Å². The third-order valence-corrected chi connectivity index (χ3v) is 5.15. The van der Waals surface area contributed by atoms with Crippen LogP contribution in [0.5, 0.6) is 5.75 Å². The van der Waals surface area contributed by atoms with Crippen molar-refractivity contribution >= 4 is 19.9 Å². The van der Waals surface area contributed by atoms with Crippen molar-refractivity contribution in [2.75, 3.05) is 20.3 Å². The molecule has 1 amide bonds. The summed E-state index contributed by atoms with van der Waals surface area (Å²) >= 11 is 0. The van der Waals surface area contributed by atoms with Crippen LogP contribution >= 0.6 is 7.82 Å². The van der Waals surface area contributed by atoms with E-state index in [1.807, 2.05) is 0 Å². The van der Waals surface area contributed by atoms with Crippen LogP contribution in [0.1, 0.15) is 31.9 Å². The number of ether oxygens (including phenoxy) is 2. The summed E-state index contributed by atoms with van der Waals surface area (Å²) in [6.45, 7) is 10.8. The Morgan fingerprint density at radius 2 is 1.79 bits per heavy atom. The molecule has 0 aliphatic carbocycles. The Morgan fingerprint density at radius 3 is 2.27 bits per heavy atom. The van der Waals surface area contributed by atoms with Gasteiger partial charge in [-0.1, -0.05) is 18.2 Å². The van der Waals surface area contributed by atoms with Gasteiger partial charge in [0.2, 0.25) is 0 Å². The molecule has 0 aliphatic heterocycles. The van der Waals surface area contributed by atoms with E-state index in [4.69, 9.17) is 23.0 Å². The van der Waals surface area contributed by atoms with Gasteiger partial charge in [0.1, 0.15) is 24.1 Å². The van der Waals surface area contributed by atoms with Gasteiger partial charge in [0.15, 0.2) is 0 Å². The molecule has 0 aliphatic rings. The first kappa shape index (κ1) is 28.4. The molecule has 1 atom stereocenters. The summed E-state index contributed by atoms with van der Waals surface area (Å²) in [7, 11) is -2.89. The zero-order valence-corrected chi connectivity index (χ0v) is 20.2. The van der Waals surface area contributed by atoms with E-state index >= 15 is 0 Å². The first-order chi connectivity index (χ1) is 15.5. The predicted octanol–water partition coefficient (Wildman–Crippen LogP) is 4.66. The molecule has 1 aromatic carbocycles. The Labute approximate surface area is 193 Å². The van der Waals surface area contributed by atoms with Gasteiger partial charge in [-0.15, -0.1) is 13.2 Å². The van der Waals surface area contributed by atoms with Crippen molar-refractivity contribution in [3.63, 3.8) is 0 Å². The molecule has 0 saturated heterocycles. The normalized spacial score (nSPS) is 12.4. The lowest BCUT2D eigenvalue weighted by atomic mass is 10.0. The number of methoxy groups -OCH3 is 1. The molecule has 0 heterocycles. The van der Waals surface area contributed by atoms with E-state index in [0.717, 1.165) is 0 Å². The summed E-state index contributed by atoms with van der Waals surface area (Å²) < 4.78 is 52.0. The van der Waals surface area contributed by atoms with Gasteiger partial charge in [0.05, 0.1) is 20.3 Å². The minimum atomic E-state index is -4.07. The third kappa shape index (κ3) is 10.2. The van der Waals surface area contributed by atoms with Crippen LogP contribution in [-0.4, -0.2) is 44.0 Å². The van der Waals surface area contributed by atoms with E-state index in [9.17, 15) is 18.5 Å². The molecule has 0 bridgehead atoms. The lowest BCUT2D eigenvalue weighted by molar-refractivity contribution is -0.143. The van der Waals surface area contributed by atoms with Gasteiger partial charge in [-0.2, -0.15) is 0 Å². The van der Waals surface area contributed by atoms with E-state index in [1.54, 1.807) is 20.8 Å². The molecule has 0 spiro atoms. The Kier molecular flexibility index (Phi) is 11.3. The zero-order valence-electron chi connectivity index (χ0n) is 19.3. The van der Waals surface area contributed by atoms with Gasteiger partial charge in [-0.05, 0) is 38.5 Å². The van der Waals surface area contributed by atoms with Crippen LogP contribution in [0.15, 0.2) is 43.5 Å². The molecule has 9 nitrogen and oxygen atoms in total. The number of carbonyl (C=O) groups excluding carboxylic acids is 2. The number of rotatable bonds is 13. The van der Waals surface area contributed by atoms with Gasteiger partial charge in [0, 0.05) is 12.0 Å². The first-order valence-electron chi connectivity index (χ1n) is 10.0. The molecule has 1 N–H and O–H groups in total. The van der Waals surface area contributed by atoms with Crippen molar-refractivity contribution in [2.45, 2.75) is 45.5 Å². The van der Waals surface area contributed by atoms with Crippen molar-refractivity contribution in [3.05, 3.63) is 54.6 Å². The number of phosphoric ester groups is 1. The standard InChI is InChI=1S/C22H31FNO8P/c1-7-11-29-33(27,30-12-8-2)32-19-10-9-16(13-17(19)15-23)14-18(20(25)28-6)24-21(26)31-22(3,4)5/h7-10,13,18H,1-2,11-12,14-15H2,3-6H3,(H,24,26). The van der Waals surface area contributed by atoms with E-state index in [2.05, 4.69) is 18.5 Å². The quantitative estimate of drug-likeness (QED) is 0.243. The summed E-state index contributed by atoms with van der Waals surface area (Å²) in [4.78, 5) is 24.2. The maximum atomic E-state index is 13.7. The molecule has 33 heavy (non-hydrogen) atoms. The van der Waals surface area contributed by atoms with Gasteiger partial charge in [-0.25, -0.2) is 18.5 Å². The van der Waals surface area contributed by atoms with Gasteiger partial charge < -0.3 is 19.3 Å². The van der Waals surface area contributed by atoms with E-state index < -0.39 is 38.2 Å². The fourth-order valence-electron chi connectivity index (χ4n) is 2.47. The molecular weight excluding hydrogens is 456 g/mol. The Morgan fingerprint density at radius 1 is 1.18 bits per heavy atom. The largest absolute Gasteiger partial charge is 0.530 e. The molecule has 1 aromatic rings. The Balaban J connectivity index is 3.09. The molecule has 0 radical (unpaired) electrons. The monoisotopic (exact) mass is 487 g/mol. The highest BCUT2D eigenvalue weighted by Crippen LogP contribution is 2.50. The van der Waals surface area contributed by atoms with E-state index in [1.165, 1.54) is 37.5 Å². The predicted molar refractivity (Wildman–Crippen MR) is 121 cm³/mol. The summed E-state index contributed by atoms with van der Waals surface area (Å²) in [5.74, 6) is -0.768. The van der Waals surface area contributed by atoms with Crippen LogP contribution in [-0.2, 0) is 41.0 Å². The minimum absolute atomic E-state index is 0.0171. The minimum Gasteiger partial charge on any atom is -0.467 e. The number of halogens is 1. The van der Waals surface area contributed by atoms with Crippen LogP contribution in [0, 0.1) is 0 Å². The number of carbonyl (C=O) groups is 2. The molecule has 1 rings (SSSR count). The first-order valence-corrected chi connectivity index (χ1v) is 11.5. The van der Waals surface area contributed by atoms with Crippen molar-refractivity contribution in [1.82, 2.24) is 5.32 Å². The fourth-order valence-corrected chi connectivity index (χ4v) is 3.65. The fraction of sp³-hybridized carbons (Fsp3) is 0.455. The van der Waals surface area contributed by atoms with Crippen molar-refractivity contribution in [1.29, 1.82) is 0 Å². The van der Waals surface area contributed by atoms with Crippen molar-refractivity contribution < 1.29 is 41.6 Å². The molecule has 184 valence electrons. The molecular formula is C22H31FNO8P. The maximum Gasteiger partial charge on any atom is 0.530 e. The molecule has 11 heteroatoms. The molecule has 1 unspecified atom stereocenters. The van der Waals surface area contributed by atoms with Crippen LogP contribution in [0.25, 0.3) is 0 Å². The number of alkyl halides is 1. The maximum absolute atomic E-state index is 13.7. The number of benzene rings is 1. The molecule has 0 saturated carbocycles. The highest BCUT2D eigenvalue weighted by Gasteiger charge is 2.30. The Hall–Kier alpha value is -2.68. The number of phosphoric acid groups is 1. The Bertz CT molecular complexity index is 868. The van der Waals surface area contributed by atoms with Crippen LogP contribution in [0.2, 0.25) is 0 Å². The average molecular weight is 487 g/mol. The third-order valence-electron chi connectivity index (χ3n) is 3.80. The topological polar surface area (TPSA) is 109 Å². The second-order valence-corrected chi connectivity index (χ2v) is 9.30. The number of hydrogen-bond acceptors (Lipinski definition) is 8. The smallest absolute Gasteiger partial charge is 0.467 e. The van der Waals surface area contributed by atoms with Crippen molar-refractivity contribution in [2.24, 2.45) is 0 Å². The summed E-state index contributed by atoms with van der Waals surface area (Å²) in [6, 6.07) is 3.22. The van der Waals surface area contributed by atoms with Gasteiger partial charge >= 0.3 is 19.9 Å². The number of esters is 1. The van der Waals surface area contributed by atoms with Gasteiger partial charge in [0.25, 0.3) is 0 Å². The number of hydrogen-bond donors (Lipinski definition) is 1. The zero-order chi connectivity index (χ0) is 25.1. The van der Waals surface area contributed by atoms with Crippen LogP contribution in [0.4, 0.5) is 9.18 Å². The van der Waals surface area contributed by atoms with Gasteiger partial charge in [-0.3, -0.25) is 9.05 Å². The molecule has 0 fully saturated rings. The summed E-state index contributed by atoms with van der Waals surface area (Å²) in [6.07, 6.45) is 1.90. The SMILES string of the molecule is C=CCOP(=O)(OCC=C)Oc1ccc(CC(NC(=O)OC(C)(C)C)C(=O)OC)cc1CF. The summed E-state index contributed by atoms with van der Waals surface area (Å²) in [5, 5.41) is 2.45. The number of alkyl carbamates (subject to hydrolysis) is 1. The second kappa shape index (κ2) is 13.1. The second-order valence-electron chi connectivity index (χ2n) is 7.71. The lowest BCUT2D eigenvalue weighted by Crippen LogP contribution is -2.45.